The molecular weight excluding hydrogens is 308 g/mol. The fraction of sp³-hybridized carbons (Fsp3) is 0.625. The van der Waals surface area contributed by atoms with Crippen molar-refractivity contribution in [2.75, 3.05) is 20.2 Å². The van der Waals surface area contributed by atoms with E-state index in [0.717, 1.165) is 23.9 Å². The molecule has 128 valence electrons. The van der Waals surface area contributed by atoms with E-state index in [1.54, 1.807) is 13.2 Å². The highest BCUT2D eigenvalue weighted by Gasteiger charge is 2.46. The smallest absolute Gasteiger partial charge is 0.274 e. The van der Waals surface area contributed by atoms with Crippen molar-refractivity contribution in [1.29, 1.82) is 0 Å². The Kier molecular flexibility index (Phi) is 3.84. The summed E-state index contributed by atoms with van der Waals surface area (Å²) in [5.74, 6) is 2.81. The normalized spacial score (nSPS) is 23.8. The van der Waals surface area contributed by atoms with Crippen LogP contribution in [0.5, 0.6) is 0 Å². The molecule has 0 spiro atoms. The molecule has 3 heterocycles. The number of carbonyl (C=O) groups is 1. The van der Waals surface area contributed by atoms with E-state index in [1.807, 2.05) is 11.8 Å². The van der Waals surface area contributed by atoms with Crippen LogP contribution in [-0.2, 0) is 11.3 Å². The first-order chi connectivity index (χ1) is 11.7. The molecule has 2 aromatic heterocycles. The number of ether oxygens (including phenoxy) is 1. The number of hydrogen-bond donors (Lipinski definition) is 2. The van der Waals surface area contributed by atoms with E-state index in [1.165, 1.54) is 12.8 Å². The first-order valence-corrected chi connectivity index (χ1v) is 8.37. The second-order valence-corrected chi connectivity index (χ2v) is 6.83. The van der Waals surface area contributed by atoms with Crippen molar-refractivity contribution in [1.82, 2.24) is 30.3 Å². The fourth-order valence-electron chi connectivity index (χ4n) is 3.64. The van der Waals surface area contributed by atoms with Gasteiger partial charge >= 0.3 is 0 Å². The molecule has 2 aromatic rings. The van der Waals surface area contributed by atoms with E-state index in [9.17, 15) is 4.79 Å². The van der Waals surface area contributed by atoms with Gasteiger partial charge in [0.15, 0.2) is 11.6 Å². The number of likely N-dealkylation sites (tertiary alicyclic amines) is 1. The molecule has 1 aliphatic carbocycles. The predicted molar refractivity (Wildman–Crippen MR) is 85.3 cm³/mol. The van der Waals surface area contributed by atoms with Crippen molar-refractivity contribution in [2.24, 2.45) is 11.8 Å². The van der Waals surface area contributed by atoms with Crippen molar-refractivity contribution in [3.63, 3.8) is 0 Å². The van der Waals surface area contributed by atoms with Crippen molar-refractivity contribution in [2.45, 2.75) is 32.3 Å². The van der Waals surface area contributed by atoms with Gasteiger partial charge < -0.3 is 9.64 Å². The van der Waals surface area contributed by atoms with Crippen LogP contribution in [-0.4, -0.2) is 56.4 Å². The van der Waals surface area contributed by atoms with Gasteiger partial charge in [-0.1, -0.05) is 0 Å². The number of H-pyrrole nitrogens is 2. The number of rotatable bonds is 5. The lowest BCUT2D eigenvalue weighted by Gasteiger charge is -2.14. The summed E-state index contributed by atoms with van der Waals surface area (Å²) < 4.78 is 5.10. The number of aryl methyl sites for hydroxylation is 1. The van der Waals surface area contributed by atoms with E-state index in [2.05, 4.69) is 25.4 Å². The molecule has 4 rings (SSSR count). The summed E-state index contributed by atoms with van der Waals surface area (Å²) in [6.07, 6.45) is 2.47. The number of amides is 1. The Bertz CT molecular complexity index is 735. The van der Waals surface area contributed by atoms with E-state index in [0.29, 0.717) is 30.7 Å². The highest BCUT2D eigenvalue weighted by Crippen LogP contribution is 2.47. The van der Waals surface area contributed by atoms with Gasteiger partial charge in [-0.05, 0) is 37.7 Å². The number of carbonyl (C=O) groups excluding carboxylic acids is 1. The van der Waals surface area contributed by atoms with Crippen LogP contribution in [0.1, 0.15) is 46.6 Å². The van der Waals surface area contributed by atoms with Gasteiger partial charge in [0.2, 0.25) is 0 Å². The van der Waals surface area contributed by atoms with Crippen LogP contribution < -0.4 is 0 Å². The number of nitrogens with zero attached hydrogens (tertiary/aromatic N) is 4. The SMILES string of the molecule is COCc1nc([C@H]2CN(C(=O)c3cc(C)[nH]n3)C[C@@H]2C2CC2)n[nH]1. The molecule has 24 heavy (non-hydrogen) atoms. The highest BCUT2D eigenvalue weighted by molar-refractivity contribution is 5.92. The van der Waals surface area contributed by atoms with Gasteiger partial charge in [0.1, 0.15) is 12.3 Å². The molecule has 2 atom stereocenters. The lowest BCUT2D eigenvalue weighted by atomic mass is 9.91. The van der Waals surface area contributed by atoms with Crippen LogP contribution >= 0.6 is 0 Å². The van der Waals surface area contributed by atoms with Crippen LogP contribution in [0.3, 0.4) is 0 Å². The third-order valence-corrected chi connectivity index (χ3v) is 4.97. The summed E-state index contributed by atoms with van der Waals surface area (Å²) in [6.45, 7) is 3.72. The maximum absolute atomic E-state index is 12.7. The summed E-state index contributed by atoms with van der Waals surface area (Å²) >= 11 is 0. The molecule has 0 bridgehead atoms. The topological polar surface area (TPSA) is 99.8 Å². The van der Waals surface area contributed by atoms with Gasteiger partial charge in [-0.3, -0.25) is 15.0 Å². The van der Waals surface area contributed by atoms with Gasteiger partial charge in [0.05, 0.1) is 0 Å². The molecule has 0 radical (unpaired) electrons. The molecule has 1 saturated heterocycles. The molecule has 1 aliphatic heterocycles. The Morgan fingerprint density at radius 1 is 1.33 bits per heavy atom. The van der Waals surface area contributed by atoms with Gasteiger partial charge in [-0.25, -0.2) is 4.98 Å². The van der Waals surface area contributed by atoms with E-state index in [4.69, 9.17) is 4.74 Å². The van der Waals surface area contributed by atoms with Crippen molar-refractivity contribution < 1.29 is 9.53 Å². The van der Waals surface area contributed by atoms with Crippen LogP contribution in [0.2, 0.25) is 0 Å². The molecule has 0 aromatic carbocycles. The Balaban J connectivity index is 1.54. The molecule has 2 fully saturated rings. The Morgan fingerprint density at radius 2 is 2.17 bits per heavy atom. The number of aromatic amines is 2. The summed E-state index contributed by atoms with van der Waals surface area (Å²) in [5.41, 5.74) is 1.38. The summed E-state index contributed by atoms with van der Waals surface area (Å²) in [5, 5.41) is 14.2. The molecule has 8 heteroatoms. The maximum Gasteiger partial charge on any atom is 0.274 e. The Morgan fingerprint density at radius 3 is 2.83 bits per heavy atom. The summed E-state index contributed by atoms with van der Waals surface area (Å²) in [7, 11) is 1.64. The average Bonchev–Trinajstić information content (AvgIpc) is 2.99. The predicted octanol–water partition coefficient (Wildman–Crippen LogP) is 1.25. The molecule has 1 saturated carbocycles. The maximum atomic E-state index is 12.7. The third kappa shape index (κ3) is 2.82. The molecule has 0 unspecified atom stereocenters. The number of nitrogens with one attached hydrogen (secondary N) is 2. The average molecular weight is 330 g/mol. The fourth-order valence-corrected chi connectivity index (χ4v) is 3.64. The zero-order chi connectivity index (χ0) is 16.7. The quantitative estimate of drug-likeness (QED) is 0.859. The lowest BCUT2D eigenvalue weighted by molar-refractivity contribution is 0.0779. The van der Waals surface area contributed by atoms with Crippen LogP contribution in [0.15, 0.2) is 6.07 Å². The molecule has 2 aliphatic rings. The van der Waals surface area contributed by atoms with Crippen LogP contribution in [0.4, 0.5) is 0 Å². The van der Waals surface area contributed by atoms with E-state index >= 15 is 0 Å². The molecule has 2 N–H and O–H groups in total. The first-order valence-electron chi connectivity index (χ1n) is 8.37. The van der Waals surface area contributed by atoms with Crippen LogP contribution in [0, 0.1) is 18.8 Å². The number of aromatic nitrogens is 5. The van der Waals surface area contributed by atoms with E-state index < -0.39 is 0 Å². The van der Waals surface area contributed by atoms with Crippen molar-refractivity contribution >= 4 is 5.91 Å². The zero-order valence-electron chi connectivity index (χ0n) is 14.0. The standard InChI is InChI=1S/C16H22N6O2/c1-9-5-13(19-18-9)16(23)22-6-11(10-3-4-10)12(7-22)15-17-14(8-24-2)20-21-15/h5,10-12H,3-4,6-8H2,1-2H3,(H,18,19)(H,17,20,21)/t11-,12+/m1/s1. The summed E-state index contributed by atoms with van der Waals surface area (Å²) in [6, 6.07) is 1.80. The van der Waals surface area contributed by atoms with Gasteiger partial charge in [-0.15, -0.1) is 0 Å². The van der Waals surface area contributed by atoms with Crippen molar-refractivity contribution in [3.8, 4) is 0 Å². The minimum atomic E-state index is -0.0137. The molecule has 1 amide bonds. The van der Waals surface area contributed by atoms with E-state index in [-0.39, 0.29) is 11.8 Å². The van der Waals surface area contributed by atoms with Gasteiger partial charge in [0, 0.05) is 31.8 Å². The van der Waals surface area contributed by atoms with Gasteiger partial charge in [0.25, 0.3) is 5.91 Å². The van der Waals surface area contributed by atoms with Crippen LogP contribution in [0.25, 0.3) is 0 Å². The third-order valence-electron chi connectivity index (χ3n) is 4.97. The Labute approximate surface area is 140 Å². The highest BCUT2D eigenvalue weighted by atomic mass is 16.5. The second kappa shape index (κ2) is 6.01. The minimum absolute atomic E-state index is 0.0137. The monoisotopic (exact) mass is 330 g/mol. The number of methoxy groups -OCH3 is 1. The summed E-state index contributed by atoms with van der Waals surface area (Å²) in [4.78, 5) is 19.2. The zero-order valence-corrected chi connectivity index (χ0v) is 14.0. The number of hydrogen-bond acceptors (Lipinski definition) is 5. The molecular formula is C16H22N6O2. The lowest BCUT2D eigenvalue weighted by Crippen LogP contribution is -2.29. The van der Waals surface area contributed by atoms with Gasteiger partial charge in [-0.2, -0.15) is 10.2 Å². The first kappa shape index (κ1) is 15.3. The molecule has 8 nitrogen and oxygen atoms in total. The largest absolute Gasteiger partial charge is 0.377 e. The minimum Gasteiger partial charge on any atom is -0.377 e. The second-order valence-electron chi connectivity index (χ2n) is 6.83. The Hall–Kier alpha value is -2.22. The van der Waals surface area contributed by atoms with Crippen molar-refractivity contribution in [3.05, 3.63) is 29.1 Å².